The zero-order chi connectivity index (χ0) is 17.2. The van der Waals surface area contributed by atoms with E-state index in [-0.39, 0.29) is 24.2 Å². The van der Waals surface area contributed by atoms with Crippen LogP contribution in [0.4, 0.5) is 0 Å². The van der Waals surface area contributed by atoms with Gasteiger partial charge in [0.05, 0.1) is 11.2 Å². The molecule has 0 spiro atoms. The molecule has 7 nitrogen and oxygen atoms in total. The van der Waals surface area contributed by atoms with Gasteiger partial charge in [0.15, 0.2) is 11.5 Å². The number of halogens is 1. The van der Waals surface area contributed by atoms with E-state index in [4.69, 9.17) is 20.9 Å². The summed E-state index contributed by atoms with van der Waals surface area (Å²) in [6.07, 6.45) is 5.39. The average molecular weight is 363 g/mol. The minimum absolute atomic E-state index is 0.155. The number of hydrogen-bond acceptors (Lipinski definition) is 6. The van der Waals surface area contributed by atoms with Gasteiger partial charge < -0.3 is 19.5 Å². The van der Waals surface area contributed by atoms with Gasteiger partial charge in [-0.2, -0.15) is 0 Å². The predicted molar refractivity (Wildman–Crippen MR) is 90.5 cm³/mol. The maximum atomic E-state index is 12.4. The molecule has 0 radical (unpaired) electrons. The van der Waals surface area contributed by atoms with Gasteiger partial charge in [-0.3, -0.25) is 9.78 Å². The summed E-state index contributed by atoms with van der Waals surface area (Å²) in [5, 5.41) is 7.43. The van der Waals surface area contributed by atoms with Gasteiger partial charge in [0.2, 0.25) is 0 Å². The van der Waals surface area contributed by atoms with Crippen LogP contribution in [-0.4, -0.2) is 46.6 Å². The summed E-state index contributed by atoms with van der Waals surface area (Å²) in [5.41, 5.74) is 0.277. The molecule has 2 aromatic heterocycles. The quantitative estimate of drug-likeness (QED) is 0.877. The van der Waals surface area contributed by atoms with Crippen LogP contribution in [0.1, 0.15) is 29.1 Å². The molecule has 1 unspecified atom stereocenters. The highest BCUT2D eigenvalue weighted by atomic mass is 35.5. The second-order valence-corrected chi connectivity index (χ2v) is 6.96. The van der Waals surface area contributed by atoms with E-state index in [9.17, 15) is 4.79 Å². The summed E-state index contributed by atoms with van der Waals surface area (Å²) in [7, 11) is 0. The molecule has 2 aromatic rings. The third kappa shape index (κ3) is 3.77. The van der Waals surface area contributed by atoms with Crippen molar-refractivity contribution < 1.29 is 14.1 Å². The lowest BCUT2D eigenvalue weighted by molar-refractivity contribution is 0.0615. The van der Waals surface area contributed by atoms with E-state index in [1.807, 2.05) is 0 Å². The fourth-order valence-electron chi connectivity index (χ4n) is 3.48. The van der Waals surface area contributed by atoms with E-state index in [1.54, 1.807) is 18.3 Å². The van der Waals surface area contributed by atoms with Gasteiger partial charge in [-0.15, -0.1) is 0 Å². The molecule has 1 atom stereocenters. The first kappa shape index (κ1) is 16.4. The maximum absolute atomic E-state index is 12.4. The molecule has 0 aromatic carbocycles. The molecule has 2 bridgehead atoms. The molecule has 5 heterocycles. The summed E-state index contributed by atoms with van der Waals surface area (Å²) in [6.45, 7) is 3.36. The Balaban J connectivity index is 1.33. The van der Waals surface area contributed by atoms with E-state index in [1.165, 1.54) is 6.20 Å². The van der Waals surface area contributed by atoms with Crippen LogP contribution in [-0.2, 0) is 6.61 Å². The van der Waals surface area contributed by atoms with Crippen LogP contribution >= 0.6 is 11.6 Å². The molecular formula is C17H19ClN4O3. The fraction of sp³-hybridized carbons (Fsp3) is 0.471. The highest BCUT2D eigenvalue weighted by Gasteiger charge is 2.35. The molecule has 0 saturated carbocycles. The van der Waals surface area contributed by atoms with Crippen molar-refractivity contribution >= 4 is 17.5 Å². The van der Waals surface area contributed by atoms with Crippen molar-refractivity contribution in [3.05, 3.63) is 41.0 Å². The number of hydrogen-bond donors (Lipinski definition) is 1. The predicted octanol–water partition coefficient (Wildman–Crippen LogP) is 2.13. The summed E-state index contributed by atoms with van der Waals surface area (Å²) >= 11 is 5.86. The van der Waals surface area contributed by atoms with Crippen molar-refractivity contribution in [1.29, 1.82) is 0 Å². The third-order valence-electron chi connectivity index (χ3n) is 4.83. The second kappa shape index (κ2) is 7.01. The van der Waals surface area contributed by atoms with Gasteiger partial charge in [0.25, 0.3) is 5.91 Å². The van der Waals surface area contributed by atoms with Crippen LogP contribution in [0.2, 0.25) is 5.02 Å². The molecule has 5 rings (SSSR count). The number of ether oxygens (including phenoxy) is 1. The normalized spacial score (nSPS) is 24.9. The molecule has 1 N–H and O–H groups in total. The minimum atomic E-state index is -0.196. The topological polar surface area (TPSA) is 80.5 Å². The molecule has 3 saturated heterocycles. The Labute approximate surface area is 150 Å². The van der Waals surface area contributed by atoms with Crippen molar-refractivity contribution in [3.8, 4) is 5.75 Å². The van der Waals surface area contributed by atoms with Gasteiger partial charge in [-0.1, -0.05) is 16.8 Å². The summed E-state index contributed by atoms with van der Waals surface area (Å²) in [6, 6.07) is 3.46. The molecule has 132 valence electrons. The number of amides is 1. The van der Waals surface area contributed by atoms with Crippen molar-refractivity contribution in [2.75, 3.05) is 19.6 Å². The van der Waals surface area contributed by atoms with Crippen LogP contribution in [0.5, 0.6) is 5.75 Å². The minimum Gasteiger partial charge on any atom is -0.484 e. The largest absolute Gasteiger partial charge is 0.484 e. The molecule has 25 heavy (non-hydrogen) atoms. The zero-order valence-corrected chi connectivity index (χ0v) is 14.4. The van der Waals surface area contributed by atoms with E-state index >= 15 is 0 Å². The molecule has 0 aliphatic carbocycles. The van der Waals surface area contributed by atoms with Gasteiger partial charge >= 0.3 is 0 Å². The average Bonchev–Trinajstić information content (AvgIpc) is 3.10. The summed E-state index contributed by atoms with van der Waals surface area (Å²) < 4.78 is 10.7. The number of carbonyl (C=O) groups excluding carboxylic acids is 1. The van der Waals surface area contributed by atoms with Gasteiger partial charge in [0, 0.05) is 30.9 Å². The lowest BCUT2D eigenvalue weighted by atomic mass is 9.84. The van der Waals surface area contributed by atoms with E-state index in [2.05, 4.69) is 20.4 Å². The fourth-order valence-corrected chi connectivity index (χ4v) is 3.65. The zero-order valence-electron chi connectivity index (χ0n) is 13.7. The number of nitrogens with one attached hydrogen (secondary N) is 1. The SMILES string of the molecule is O=C(NC1CN2CCC1CC2)c1cc(COc2cncc(Cl)c2)on1. The van der Waals surface area contributed by atoms with Crippen LogP contribution in [0.3, 0.4) is 0 Å². The first-order valence-corrected chi connectivity index (χ1v) is 8.77. The second-order valence-electron chi connectivity index (χ2n) is 6.52. The van der Waals surface area contributed by atoms with E-state index in [0.717, 1.165) is 32.5 Å². The van der Waals surface area contributed by atoms with Crippen LogP contribution in [0.15, 0.2) is 29.0 Å². The Morgan fingerprint density at radius 2 is 2.20 bits per heavy atom. The molecule has 1 amide bonds. The van der Waals surface area contributed by atoms with E-state index < -0.39 is 0 Å². The number of fused-ring (bicyclic) bond motifs is 3. The highest BCUT2D eigenvalue weighted by Crippen LogP contribution is 2.27. The molecule has 8 heteroatoms. The highest BCUT2D eigenvalue weighted by molar-refractivity contribution is 6.30. The van der Waals surface area contributed by atoms with Crippen LogP contribution in [0.25, 0.3) is 0 Å². The Hall–Kier alpha value is -2.12. The monoisotopic (exact) mass is 362 g/mol. The van der Waals surface area contributed by atoms with Gasteiger partial charge in [0.1, 0.15) is 12.4 Å². The molecule has 3 fully saturated rings. The molecule has 3 aliphatic heterocycles. The lowest BCUT2D eigenvalue weighted by Crippen LogP contribution is -2.57. The van der Waals surface area contributed by atoms with Crippen LogP contribution < -0.4 is 10.1 Å². The number of carbonyl (C=O) groups is 1. The Morgan fingerprint density at radius 3 is 2.92 bits per heavy atom. The Bertz CT molecular complexity index is 758. The standard InChI is InChI=1S/C17H19ClN4O3/c18-12-5-13(8-19-7-12)24-10-14-6-15(21-25-14)17(23)20-16-9-22-3-1-11(16)2-4-22/h5-8,11,16H,1-4,9-10H2,(H,20,23). The smallest absolute Gasteiger partial charge is 0.273 e. The number of piperidine rings is 3. The van der Waals surface area contributed by atoms with Gasteiger partial charge in [-0.25, -0.2) is 0 Å². The Kier molecular flexibility index (Phi) is 4.59. The summed E-state index contributed by atoms with van der Waals surface area (Å²) in [4.78, 5) is 18.7. The maximum Gasteiger partial charge on any atom is 0.273 e. The first-order chi connectivity index (χ1) is 12.2. The van der Waals surface area contributed by atoms with Gasteiger partial charge in [-0.05, 0) is 31.8 Å². The molecule has 3 aliphatic rings. The lowest BCUT2D eigenvalue weighted by Gasteiger charge is -2.44. The van der Waals surface area contributed by atoms with Crippen molar-refractivity contribution in [1.82, 2.24) is 20.4 Å². The summed E-state index contributed by atoms with van der Waals surface area (Å²) in [5.74, 6) is 1.37. The van der Waals surface area contributed by atoms with Crippen LogP contribution in [0, 0.1) is 5.92 Å². The molecular weight excluding hydrogens is 344 g/mol. The number of pyridine rings is 1. The third-order valence-corrected chi connectivity index (χ3v) is 5.03. The van der Waals surface area contributed by atoms with E-state index in [0.29, 0.717) is 22.5 Å². The Morgan fingerprint density at radius 1 is 1.36 bits per heavy atom. The van der Waals surface area contributed by atoms with Crippen molar-refractivity contribution in [2.24, 2.45) is 5.92 Å². The number of rotatable bonds is 5. The first-order valence-electron chi connectivity index (χ1n) is 8.39. The van der Waals surface area contributed by atoms with Crippen molar-refractivity contribution in [2.45, 2.75) is 25.5 Å². The number of aromatic nitrogens is 2. The number of nitrogens with zero attached hydrogens (tertiary/aromatic N) is 3. The van der Waals surface area contributed by atoms with Crippen molar-refractivity contribution in [3.63, 3.8) is 0 Å².